The van der Waals surface area contributed by atoms with Gasteiger partial charge in [0.1, 0.15) is 5.84 Å². The third-order valence-electron chi connectivity index (χ3n) is 2.05. The molecule has 0 spiro atoms. The SMILES string of the molecule is COCCN=C(Cc1ccc(Cl)cc1)NN. The van der Waals surface area contributed by atoms with E-state index in [4.69, 9.17) is 22.2 Å². The van der Waals surface area contributed by atoms with Crippen LogP contribution in [0.4, 0.5) is 0 Å². The van der Waals surface area contributed by atoms with Crippen molar-refractivity contribution in [3.05, 3.63) is 34.9 Å². The Hall–Kier alpha value is -1.10. The number of halogens is 1. The summed E-state index contributed by atoms with van der Waals surface area (Å²) in [6.07, 6.45) is 0.664. The molecule has 0 fully saturated rings. The molecule has 0 saturated carbocycles. The quantitative estimate of drug-likeness (QED) is 0.269. The van der Waals surface area contributed by atoms with Crippen molar-refractivity contribution in [2.75, 3.05) is 20.3 Å². The molecule has 1 aromatic rings. The van der Waals surface area contributed by atoms with Gasteiger partial charge in [-0.25, -0.2) is 5.84 Å². The van der Waals surface area contributed by atoms with Gasteiger partial charge in [0.15, 0.2) is 0 Å². The summed E-state index contributed by atoms with van der Waals surface area (Å²) >= 11 is 5.80. The fraction of sp³-hybridized carbons (Fsp3) is 0.364. The molecule has 0 aromatic heterocycles. The average Bonchev–Trinajstić information content (AvgIpc) is 2.31. The minimum atomic E-state index is 0.589. The molecule has 0 amide bonds. The molecule has 0 aliphatic rings. The molecule has 0 bridgehead atoms. The molecule has 1 rings (SSSR count). The summed E-state index contributed by atoms with van der Waals surface area (Å²) < 4.78 is 4.91. The molecule has 4 nitrogen and oxygen atoms in total. The number of amidine groups is 1. The molecule has 0 aliphatic carbocycles. The Morgan fingerprint density at radius 1 is 1.44 bits per heavy atom. The Balaban J connectivity index is 2.55. The van der Waals surface area contributed by atoms with Gasteiger partial charge in [-0.2, -0.15) is 0 Å². The largest absolute Gasteiger partial charge is 0.383 e. The molecular weight excluding hydrogens is 226 g/mol. The van der Waals surface area contributed by atoms with Crippen molar-refractivity contribution < 1.29 is 4.74 Å². The summed E-state index contributed by atoms with van der Waals surface area (Å²) in [4.78, 5) is 4.27. The summed E-state index contributed by atoms with van der Waals surface area (Å²) in [6.45, 7) is 1.19. The zero-order chi connectivity index (χ0) is 11.8. The van der Waals surface area contributed by atoms with E-state index in [2.05, 4.69) is 10.4 Å². The fourth-order valence-electron chi connectivity index (χ4n) is 1.22. The molecule has 1 aromatic carbocycles. The Bertz CT molecular complexity index is 338. The van der Waals surface area contributed by atoms with Crippen LogP contribution in [0.2, 0.25) is 5.02 Å². The van der Waals surface area contributed by atoms with Crippen molar-refractivity contribution in [1.82, 2.24) is 5.43 Å². The van der Waals surface area contributed by atoms with Crippen molar-refractivity contribution in [2.45, 2.75) is 6.42 Å². The van der Waals surface area contributed by atoms with E-state index >= 15 is 0 Å². The number of rotatable bonds is 5. The lowest BCUT2D eigenvalue weighted by atomic mass is 10.1. The number of aliphatic imine (C=N–C) groups is 1. The van der Waals surface area contributed by atoms with E-state index in [1.807, 2.05) is 24.3 Å². The van der Waals surface area contributed by atoms with Gasteiger partial charge < -0.3 is 10.2 Å². The van der Waals surface area contributed by atoms with Crippen molar-refractivity contribution in [1.29, 1.82) is 0 Å². The van der Waals surface area contributed by atoms with Crippen molar-refractivity contribution in [3.8, 4) is 0 Å². The highest BCUT2D eigenvalue weighted by atomic mass is 35.5. The van der Waals surface area contributed by atoms with Gasteiger partial charge in [-0.1, -0.05) is 23.7 Å². The van der Waals surface area contributed by atoms with Crippen LogP contribution in [-0.2, 0) is 11.2 Å². The number of nitrogens with two attached hydrogens (primary N) is 1. The van der Waals surface area contributed by atoms with E-state index in [0.29, 0.717) is 19.6 Å². The minimum Gasteiger partial charge on any atom is -0.383 e. The van der Waals surface area contributed by atoms with Gasteiger partial charge in [-0.3, -0.25) is 4.99 Å². The summed E-state index contributed by atoms with van der Waals surface area (Å²) in [5, 5.41) is 0.724. The van der Waals surface area contributed by atoms with E-state index in [9.17, 15) is 0 Å². The standard InChI is InChI=1S/C11H16ClN3O/c1-16-7-6-14-11(15-13)8-9-2-4-10(12)5-3-9/h2-5H,6-8,13H2,1H3,(H,14,15). The van der Waals surface area contributed by atoms with Crippen LogP contribution < -0.4 is 11.3 Å². The normalized spacial score (nSPS) is 11.6. The number of methoxy groups -OCH3 is 1. The Labute approximate surface area is 100 Å². The topological polar surface area (TPSA) is 59.6 Å². The first-order chi connectivity index (χ1) is 7.76. The zero-order valence-electron chi connectivity index (χ0n) is 9.24. The van der Waals surface area contributed by atoms with Crippen molar-refractivity contribution in [2.24, 2.45) is 10.8 Å². The van der Waals surface area contributed by atoms with Gasteiger partial charge >= 0.3 is 0 Å². The molecule has 0 unspecified atom stereocenters. The third-order valence-corrected chi connectivity index (χ3v) is 2.30. The van der Waals surface area contributed by atoms with Crippen LogP contribution in [0.25, 0.3) is 0 Å². The lowest BCUT2D eigenvalue weighted by Crippen LogP contribution is -2.32. The molecule has 3 N–H and O–H groups in total. The highest BCUT2D eigenvalue weighted by molar-refractivity contribution is 6.30. The van der Waals surface area contributed by atoms with Crippen LogP contribution in [0.15, 0.2) is 29.3 Å². The third kappa shape index (κ3) is 4.61. The van der Waals surface area contributed by atoms with Crippen LogP contribution in [0.3, 0.4) is 0 Å². The Morgan fingerprint density at radius 3 is 2.69 bits per heavy atom. The predicted octanol–water partition coefficient (Wildman–Crippen LogP) is 1.39. The van der Waals surface area contributed by atoms with Gasteiger partial charge in [0, 0.05) is 18.6 Å². The van der Waals surface area contributed by atoms with Crippen LogP contribution in [0, 0.1) is 0 Å². The van der Waals surface area contributed by atoms with E-state index in [0.717, 1.165) is 16.4 Å². The van der Waals surface area contributed by atoms with Crippen molar-refractivity contribution in [3.63, 3.8) is 0 Å². The maximum atomic E-state index is 5.80. The second-order valence-electron chi connectivity index (χ2n) is 3.27. The number of nitrogens with zero attached hydrogens (tertiary/aromatic N) is 1. The highest BCUT2D eigenvalue weighted by Gasteiger charge is 1.99. The second-order valence-corrected chi connectivity index (χ2v) is 3.71. The minimum absolute atomic E-state index is 0.589. The number of benzene rings is 1. The van der Waals surface area contributed by atoms with Gasteiger partial charge in [0.05, 0.1) is 13.2 Å². The summed E-state index contributed by atoms with van der Waals surface area (Å²) in [5.74, 6) is 6.12. The highest BCUT2D eigenvalue weighted by Crippen LogP contribution is 2.09. The maximum absolute atomic E-state index is 5.80. The van der Waals surface area contributed by atoms with Gasteiger partial charge in [0.2, 0.25) is 0 Å². The number of hydrazine groups is 1. The lowest BCUT2D eigenvalue weighted by Gasteiger charge is -2.06. The molecule has 16 heavy (non-hydrogen) atoms. The maximum Gasteiger partial charge on any atom is 0.115 e. The first-order valence-corrected chi connectivity index (χ1v) is 5.37. The van der Waals surface area contributed by atoms with Crippen LogP contribution in [-0.4, -0.2) is 26.1 Å². The first kappa shape index (κ1) is 13.0. The molecule has 0 saturated heterocycles. The average molecular weight is 242 g/mol. The molecule has 88 valence electrons. The second kappa shape index (κ2) is 7.22. The summed E-state index contributed by atoms with van der Waals surface area (Å²) in [7, 11) is 1.64. The smallest absolute Gasteiger partial charge is 0.115 e. The number of nitrogens with one attached hydrogen (secondary N) is 1. The van der Waals surface area contributed by atoms with Crippen LogP contribution in [0.1, 0.15) is 5.56 Å². The molecule has 0 heterocycles. The number of hydrogen-bond acceptors (Lipinski definition) is 3. The summed E-state index contributed by atoms with van der Waals surface area (Å²) in [5.41, 5.74) is 3.70. The summed E-state index contributed by atoms with van der Waals surface area (Å²) in [6, 6.07) is 7.59. The van der Waals surface area contributed by atoms with Crippen molar-refractivity contribution >= 4 is 17.4 Å². The Kier molecular flexibility index (Phi) is 5.85. The first-order valence-electron chi connectivity index (χ1n) is 4.99. The van der Waals surface area contributed by atoms with Crippen LogP contribution in [0.5, 0.6) is 0 Å². The Morgan fingerprint density at radius 2 is 2.12 bits per heavy atom. The van der Waals surface area contributed by atoms with Gasteiger partial charge in [-0.05, 0) is 17.7 Å². The fourth-order valence-corrected chi connectivity index (χ4v) is 1.35. The molecule has 0 radical (unpaired) electrons. The predicted molar refractivity (Wildman–Crippen MR) is 66.7 cm³/mol. The monoisotopic (exact) mass is 241 g/mol. The molecule has 0 atom stereocenters. The lowest BCUT2D eigenvalue weighted by molar-refractivity contribution is 0.208. The van der Waals surface area contributed by atoms with Gasteiger partial charge in [-0.15, -0.1) is 0 Å². The van der Waals surface area contributed by atoms with Crippen LogP contribution >= 0.6 is 11.6 Å². The van der Waals surface area contributed by atoms with E-state index < -0.39 is 0 Å². The van der Waals surface area contributed by atoms with Gasteiger partial charge in [0.25, 0.3) is 0 Å². The van der Waals surface area contributed by atoms with E-state index in [1.165, 1.54) is 0 Å². The zero-order valence-corrected chi connectivity index (χ0v) is 10.00. The van der Waals surface area contributed by atoms with E-state index in [1.54, 1.807) is 7.11 Å². The molecular formula is C11H16ClN3O. The number of ether oxygens (including phenoxy) is 1. The number of hydrogen-bond donors (Lipinski definition) is 2. The molecule has 0 aliphatic heterocycles. The molecule has 5 heteroatoms. The van der Waals surface area contributed by atoms with E-state index in [-0.39, 0.29) is 0 Å².